The first-order valence-corrected chi connectivity index (χ1v) is 8.07. The predicted octanol–water partition coefficient (Wildman–Crippen LogP) is 5.60. The van der Waals surface area contributed by atoms with Crippen molar-refractivity contribution in [3.05, 3.63) is 97.6 Å². The number of pyridine rings is 2. The summed E-state index contributed by atoms with van der Waals surface area (Å²) < 4.78 is 5.93. The summed E-state index contributed by atoms with van der Waals surface area (Å²) in [5.74, 6) is 1.61. The van der Waals surface area contributed by atoms with Crippen molar-refractivity contribution < 1.29 is 4.74 Å². The van der Waals surface area contributed by atoms with E-state index in [2.05, 4.69) is 9.97 Å². The molecular formula is C22H16N2O. The van der Waals surface area contributed by atoms with Crippen LogP contribution in [0, 0.1) is 0 Å². The van der Waals surface area contributed by atoms with E-state index < -0.39 is 0 Å². The summed E-state index contributed by atoms with van der Waals surface area (Å²) >= 11 is 0. The van der Waals surface area contributed by atoms with Gasteiger partial charge in [-0.25, -0.2) is 0 Å². The molecule has 0 fully saturated rings. The number of benzene rings is 2. The minimum absolute atomic E-state index is 0.807. The summed E-state index contributed by atoms with van der Waals surface area (Å²) in [6.07, 6.45) is 7.26. The molecule has 25 heavy (non-hydrogen) atoms. The van der Waals surface area contributed by atoms with E-state index in [0.29, 0.717) is 0 Å². The van der Waals surface area contributed by atoms with Gasteiger partial charge in [0.1, 0.15) is 11.5 Å². The van der Waals surface area contributed by atoms with Crippen molar-refractivity contribution in [2.75, 3.05) is 0 Å². The molecule has 2 aromatic carbocycles. The smallest absolute Gasteiger partial charge is 0.127 e. The van der Waals surface area contributed by atoms with Crippen LogP contribution >= 0.6 is 0 Å². The highest BCUT2D eigenvalue weighted by Crippen LogP contribution is 2.27. The number of aromatic nitrogens is 2. The Labute approximate surface area is 146 Å². The van der Waals surface area contributed by atoms with E-state index in [1.807, 2.05) is 85.2 Å². The minimum atomic E-state index is 0.807. The number of nitrogens with zero attached hydrogens (tertiary/aromatic N) is 2. The molecule has 0 aliphatic heterocycles. The number of hydrogen-bond donors (Lipinski definition) is 0. The fourth-order valence-electron chi connectivity index (χ4n) is 2.63. The Morgan fingerprint density at radius 2 is 0.920 bits per heavy atom. The molecule has 0 N–H and O–H groups in total. The Morgan fingerprint density at radius 3 is 1.28 bits per heavy atom. The summed E-state index contributed by atoms with van der Waals surface area (Å²) in [7, 11) is 0. The SMILES string of the molecule is c1cncc(-c2ccc(Oc3ccc(-c4cccnc4)cc3)cc2)c1. The molecule has 0 saturated carbocycles. The molecule has 2 aromatic heterocycles. The van der Waals surface area contributed by atoms with Crippen LogP contribution in [-0.4, -0.2) is 9.97 Å². The van der Waals surface area contributed by atoms with Gasteiger partial charge in [-0.2, -0.15) is 0 Å². The van der Waals surface area contributed by atoms with Gasteiger partial charge in [0.15, 0.2) is 0 Å². The average Bonchev–Trinajstić information content (AvgIpc) is 2.71. The monoisotopic (exact) mass is 324 g/mol. The van der Waals surface area contributed by atoms with Crippen molar-refractivity contribution in [3.63, 3.8) is 0 Å². The summed E-state index contributed by atoms with van der Waals surface area (Å²) in [6.45, 7) is 0. The zero-order chi connectivity index (χ0) is 16.9. The van der Waals surface area contributed by atoms with Crippen LogP contribution in [-0.2, 0) is 0 Å². The van der Waals surface area contributed by atoms with E-state index in [-0.39, 0.29) is 0 Å². The molecule has 0 bridgehead atoms. The van der Waals surface area contributed by atoms with Crippen LogP contribution in [0.25, 0.3) is 22.3 Å². The molecule has 0 radical (unpaired) electrons. The van der Waals surface area contributed by atoms with E-state index in [9.17, 15) is 0 Å². The van der Waals surface area contributed by atoms with Gasteiger partial charge >= 0.3 is 0 Å². The Bertz CT molecular complexity index is 854. The zero-order valence-electron chi connectivity index (χ0n) is 13.5. The van der Waals surface area contributed by atoms with Gasteiger partial charge in [0.2, 0.25) is 0 Å². The van der Waals surface area contributed by atoms with Crippen molar-refractivity contribution in [1.82, 2.24) is 9.97 Å². The predicted molar refractivity (Wildman–Crippen MR) is 99.4 cm³/mol. The molecule has 0 amide bonds. The maximum absolute atomic E-state index is 5.93. The second-order valence-electron chi connectivity index (χ2n) is 5.63. The lowest BCUT2D eigenvalue weighted by Gasteiger charge is -2.08. The molecular weight excluding hydrogens is 308 g/mol. The average molecular weight is 324 g/mol. The highest BCUT2D eigenvalue weighted by Gasteiger charge is 2.02. The topological polar surface area (TPSA) is 35.0 Å². The molecule has 0 saturated heterocycles. The van der Waals surface area contributed by atoms with E-state index in [0.717, 1.165) is 33.8 Å². The van der Waals surface area contributed by atoms with Gasteiger partial charge in [-0.3, -0.25) is 9.97 Å². The number of rotatable bonds is 4. The van der Waals surface area contributed by atoms with E-state index in [1.54, 1.807) is 12.4 Å². The van der Waals surface area contributed by atoms with E-state index in [1.165, 1.54) is 0 Å². The Morgan fingerprint density at radius 1 is 0.480 bits per heavy atom. The third-order valence-electron chi connectivity index (χ3n) is 3.93. The third-order valence-corrected chi connectivity index (χ3v) is 3.93. The lowest BCUT2D eigenvalue weighted by Crippen LogP contribution is -1.85. The van der Waals surface area contributed by atoms with Crippen LogP contribution in [0.1, 0.15) is 0 Å². The first kappa shape index (κ1) is 15.1. The van der Waals surface area contributed by atoms with Crippen LogP contribution in [0.2, 0.25) is 0 Å². The molecule has 3 nitrogen and oxygen atoms in total. The number of hydrogen-bond acceptors (Lipinski definition) is 3. The molecule has 0 unspecified atom stereocenters. The number of ether oxygens (including phenoxy) is 1. The summed E-state index contributed by atoms with van der Waals surface area (Å²) in [5, 5.41) is 0. The first-order valence-electron chi connectivity index (χ1n) is 8.07. The van der Waals surface area contributed by atoms with Gasteiger partial charge in [0.05, 0.1) is 0 Å². The standard InChI is InChI=1S/C22H16N2O/c1-3-19(15-23-13-1)17-5-9-21(10-6-17)25-22-11-7-18(8-12-22)20-4-2-14-24-16-20/h1-16H. The van der Waals surface area contributed by atoms with E-state index in [4.69, 9.17) is 4.74 Å². The van der Waals surface area contributed by atoms with Gasteiger partial charge in [-0.1, -0.05) is 36.4 Å². The second kappa shape index (κ2) is 6.97. The summed E-state index contributed by atoms with van der Waals surface area (Å²) in [5.41, 5.74) is 4.42. The Balaban J connectivity index is 1.49. The van der Waals surface area contributed by atoms with Crippen LogP contribution in [0.5, 0.6) is 11.5 Å². The highest BCUT2D eigenvalue weighted by atomic mass is 16.5. The third kappa shape index (κ3) is 3.56. The lowest BCUT2D eigenvalue weighted by molar-refractivity contribution is 0.483. The largest absolute Gasteiger partial charge is 0.457 e. The zero-order valence-corrected chi connectivity index (χ0v) is 13.5. The highest BCUT2D eigenvalue weighted by molar-refractivity contribution is 5.64. The minimum Gasteiger partial charge on any atom is -0.457 e. The molecule has 3 heteroatoms. The second-order valence-corrected chi connectivity index (χ2v) is 5.63. The van der Waals surface area contributed by atoms with E-state index >= 15 is 0 Å². The maximum Gasteiger partial charge on any atom is 0.127 e. The molecule has 0 aliphatic rings. The van der Waals surface area contributed by atoms with Gasteiger partial charge in [0.25, 0.3) is 0 Å². The fourth-order valence-corrected chi connectivity index (χ4v) is 2.63. The van der Waals surface area contributed by atoms with Gasteiger partial charge in [0, 0.05) is 24.8 Å². The van der Waals surface area contributed by atoms with Crippen molar-refractivity contribution >= 4 is 0 Å². The Kier molecular flexibility index (Phi) is 4.21. The summed E-state index contributed by atoms with van der Waals surface area (Å²) in [6, 6.07) is 24.0. The molecule has 4 rings (SSSR count). The van der Waals surface area contributed by atoms with Crippen LogP contribution in [0.15, 0.2) is 97.6 Å². The van der Waals surface area contributed by atoms with Gasteiger partial charge < -0.3 is 4.74 Å². The van der Waals surface area contributed by atoms with Crippen LogP contribution in [0.3, 0.4) is 0 Å². The molecule has 0 aliphatic carbocycles. The van der Waals surface area contributed by atoms with Crippen molar-refractivity contribution in [2.24, 2.45) is 0 Å². The van der Waals surface area contributed by atoms with Crippen molar-refractivity contribution in [2.45, 2.75) is 0 Å². The summed E-state index contributed by atoms with van der Waals surface area (Å²) in [4.78, 5) is 8.30. The van der Waals surface area contributed by atoms with Crippen molar-refractivity contribution in [1.29, 1.82) is 0 Å². The molecule has 0 atom stereocenters. The quantitative estimate of drug-likeness (QED) is 0.490. The molecule has 2 heterocycles. The molecule has 4 aromatic rings. The fraction of sp³-hybridized carbons (Fsp3) is 0. The van der Waals surface area contributed by atoms with Crippen LogP contribution in [0.4, 0.5) is 0 Å². The molecule has 120 valence electrons. The molecule has 0 spiro atoms. The lowest BCUT2D eigenvalue weighted by atomic mass is 10.1. The van der Waals surface area contributed by atoms with Crippen LogP contribution < -0.4 is 4.74 Å². The Hall–Kier alpha value is -3.46. The normalized spacial score (nSPS) is 10.4. The maximum atomic E-state index is 5.93. The van der Waals surface area contributed by atoms with Crippen molar-refractivity contribution in [3.8, 4) is 33.8 Å². The first-order chi connectivity index (χ1) is 12.4. The van der Waals surface area contributed by atoms with Gasteiger partial charge in [-0.05, 0) is 58.7 Å². The van der Waals surface area contributed by atoms with Gasteiger partial charge in [-0.15, -0.1) is 0 Å².